The van der Waals surface area contributed by atoms with Crippen LogP contribution in [-0.4, -0.2) is 20.9 Å². The predicted octanol–water partition coefficient (Wildman–Crippen LogP) is 6.72. The van der Waals surface area contributed by atoms with Gasteiger partial charge < -0.3 is 10.1 Å². The highest BCUT2D eigenvalue weighted by Gasteiger charge is 2.23. The minimum atomic E-state index is -3.76. The number of benzene rings is 3. The van der Waals surface area contributed by atoms with Gasteiger partial charge in [0.15, 0.2) is 6.61 Å². The van der Waals surface area contributed by atoms with Crippen LogP contribution in [0.4, 0.5) is 11.4 Å². The average Bonchev–Trinajstić information content (AvgIpc) is 2.78. The van der Waals surface area contributed by atoms with Crippen molar-refractivity contribution < 1.29 is 17.9 Å². The second kappa shape index (κ2) is 10.6. The summed E-state index contributed by atoms with van der Waals surface area (Å²) >= 11 is 0. The van der Waals surface area contributed by atoms with Gasteiger partial charge in [0.05, 0.1) is 10.6 Å². The Hall–Kier alpha value is -3.32. The second-order valence-electron chi connectivity index (χ2n) is 11.5. The van der Waals surface area contributed by atoms with Gasteiger partial charge in [-0.05, 0) is 77.8 Å². The Morgan fingerprint density at radius 2 is 1.49 bits per heavy atom. The zero-order valence-corrected chi connectivity index (χ0v) is 23.8. The number of nitrogens with one attached hydrogen (secondary N) is 2. The lowest BCUT2D eigenvalue weighted by Gasteiger charge is -2.27. The third kappa shape index (κ3) is 7.35. The minimum absolute atomic E-state index is 0.00400. The minimum Gasteiger partial charge on any atom is -0.483 e. The van der Waals surface area contributed by atoms with E-state index in [-0.39, 0.29) is 28.2 Å². The van der Waals surface area contributed by atoms with E-state index >= 15 is 0 Å². The molecule has 0 saturated carbocycles. The Kier molecular flexibility index (Phi) is 8.08. The molecule has 198 valence electrons. The quantitative estimate of drug-likeness (QED) is 0.361. The average molecular weight is 523 g/mol. The highest BCUT2D eigenvalue weighted by molar-refractivity contribution is 7.92. The molecule has 37 heavy (non-hydrogen) atoms. The lowest BCUT2D eigenvalue weighted by Crippen LogP contribution is -2.23. The molecule has 0 heterocycles. The highest BCUT2D eigenvalue weighted by Crippen LogP contribution is 2.35. The number of anilines is 2. The molecule has 0 saturated heterocycles. The van der Waals surface area contributed by atoms with Crippen molar-refractivity contribution in [2.24, 2.45) is 0 Å². The monoisotopic (exact) mass is 522 g/mol. The summed E-state index contributed by atoms with van der Waals surface area (Å²) in [4.78, 5) is 12.7. The van der Waals surface area contributed by atoms with Crippen LogP contribution in [0.15, 0.2) is 65.6 Å². The van der Waals surface area contributed by atoms with Gasteiger partial charge in [-0.25, -0.2) is 8.42 Å². The van der Waals surface area contributed by atoms with Crippen LogP contribution in [0.5, 0.6) is 5.75 Å². The van der Waals surface area contributed by atoms with E-state index in [9.17, 15) is 13.2 Å². The van der Waals surface area contributed by atoms with Crippen LogP contribution >= 0.6 is 0 Å². The number of ether oxygens (including phenoxy) is 1. The van der Waals surface area contributed by atoms with Crippen molar-refractivity contribution in [3.05, 3.63) is 82.9 Å². The number of carbonyl (C=O) groups is 1. The predicted molar refractivity (Wildman–Crippen MR) is 151 cm³/mol. The SMILES string of the molecule is Cc1ccc(NS(=O)(=O)c2ccc(NC(=O)COc3ccc(C(C)(C)C)cc3C(C)(C)C)cc2)c(C)c1. The number of carbonyl (C=O) groups excluding carboxylic acids is 1. The summed E-state index contributed by atoms with van der Waals surface area (Å²) in [7, 11) is -3.76. The second-order valence-corrected chi connectivity index (χ2v) is 13.2. The van der Waals surface area contributed by atoms with Crippen molar-refractivity contribution in [1.82, 2.24) is 0 Å². The fourth-order valence-corrected chi connectivity index (χ4v) is 5.03. The number of hydrogen-bond donors (Lipinski definition) is 2. The summed E-state index contributed by atoms with van der Waals surface area (Å²) in [5, 5.41) is 2.77. The van der Waals surface area contributed by atoms with Crippen LogP contribution in [-0.2, 0) is 25.6 Å². The first-order valence-electron chi connectivity index (χ1n) is 12.3. The Morgan fingerprint density at radius 1 is 0.838 bits per heavy atom. The molecule has 0 unspecified atom stereocenters. The topological polar surface area (TPSA) is 84.5 Å². The van der Waals surface area contributed by atoms with Gasteiger partial charge in [0.25, 0.3) is 15.9 Å². The molecule has 7 heteroatoms. The van der Waals surface area contributed by atoms with Gasteiger partial charge >= 0.3 is 0 Å². The first-order valence-corrected chi connectivity index (χ1v) is 13.8. The molecule has 0 aliphatic heterocycles. The first-order chi connectivity index (χ1) is 17.1. The zero-order valence-electron chi connectivity index (χ0n) is 23.0. The van der Waals surface area contributed by atoms with E-state index in [0.717, 1.165) is 16.7 Å². The third-order valence-corrected chi connectivity index (χ3v) is 7.47. The fourth-order valence-electron chi connectivity index (χ4n) is 3.90. The highest BCUT2D eigenvalue weighted by atomic mass is 32.2. The van der Waals surface area contributed by atoms with Crippen LogP contribution in [0.3, 0.4) is 0 Å². The van der Waals surface area contributed by atoms with Gasteiger partial charge in [0.1, 0.15) is 5.75 Å². The maximum Gasteiger partial charge on any atom is 0.262 e. The van der Waals surface area contributed by atoms with Gasteiger partial charge in [-0.3, -0.25) is 9.52 Å². The maximum atomic E-state index is 12.8. The molecule has 0 aromatic heterocycles. The van der Waals surface area contributed by atoms with Crippen LogP contribution in [0, 0.1) is 13.8 Å². The van der Waals surface area contributed by atoms with Crippen molar-refractivity contribution in [2.75, 3.05) is 16.6 Å². The summed E-state index contributed by atoms with van der Waals surface area (Å²) in [5.41, 5.74) is 5.01. The molecule has 6 nitrogen and oxygen atoms in total. The number of amides is 1. The molecule has 3 rings (SSSR count). The van der Waals surface area contributed by atoms with Crippen molar-refractivity contribution >= 4 is 27.3 Å². The van der Waals surface area contributed by atoms with Crippen molar-refractivity contribution in [3.63, 3.8) is 0 Å². The molecule has 3 aromatic carbocycles. The molecule has 2 N–H and O–H groups in total. The van der Waals surface area contributed by atoms with E-state index in [1.54, 1.807) is 18.2 Å². The lowest BCUT2D eigenvalue weighted by atomic mass is 9.80. The van der Waals surface area contributed by atoms with E-state index in [4.69, 9.17) is 4.74 Å². The Bertz CT molecular complexity index is 1380. The smallest absolute Gasteiger partial charge is 0.262 e. The molecule has 1 amide bonds. The van der Waals surface area contributed by atoms with E-state index in [1.807, 2.05) is 38.1 Å². The van der Waals surface area contributed by atoms with Crippen molar-refractivity contribution in [2.45, 2.75) is 71.1 Å². The number of aryl methyl sites for hydroxylation is 2. The largest absolute Gasteiger partial charge is 0.483 e. The summed E-state index contributed by atoms with van der Waals surface area (Å²) in [6.07, 6.45) is 0. The lowest BCUT2D eigenvalue weighted by molar-refractivity contribution is -0.118. The molecule has 0 aliphatic rings. The summed E-state index contributed by atoms with van der Waals surface area (Å²) in [6, 6.07) is 17.7. The summed E-state index contributed by atoms with van der Waals surface area (Å²) in [6.45, 7) is 16.5. The van der Waals surface area contributed by atoms with E-state index in [1.165, 1.54) is 17.7 Å². The standard InChI is InChI=1S/C30H38N2O4S/c1-20-9-15-26(21(2)17-20)32-37(34,35)24-13-11-23(12-14-24)31-28(33)19-36-27-16-10-22(29(3,4)5)18-25(27)30(6,7)8/h9-18,32H,19H2,1-8H3,(H,31,33). The van der Waals surface area contributed by atoms with Gasteiger partial charge in [-0.1, -0.05) is 71.4 Å². The van der Waals surface area contributed by atoms with Gasteiger partial charge in [0.2, 0.25) is 0 Å². The molecule has 0 spiro atoms. The molecule has 3 aromatic rings. The number of hydrogen-bond acceptors (Lipinski definition) is 4. The van der Waals surface area contributed by atoms with E-state index in [2.05, 4.69) is 57.6 Å². The fraction of sp³-hybridized carbons (Fsp3) is 0.367. The van der Waals surface area contributed by atoms with E-state index in [0.29, 0.717) is 17.1 Å². The molecule has 0 radical (unpaired) electrons. The summed E-state index contributed by atoms with van der Waals surface area (Å²) in [5.74, 6) is 0.346. The third-order valence-electron chi connectivity index (χ3n) is 6.09. The molecular formula is C30H38N2O4S. The van der Waals surface area contributed by atoms with Crippen molar-refractivity contribution in [1.29, 1.82) is 0 Å². The van der Waals surface area contributed by atoms with Crippen molar-refractivity contribution in [3.8, 4) is 5.75 Å². The van der Waals surface area contributed by atoms with Crippen LogP contribution in [0.2, 0.25) is 0 Å². The Balaban J connectivity index is 1.66. The van der Waals surface area contributed by atoms with Crippen LogP contribution in [0.1, 0.15) is 63.8 Å². The Morgan fingerprint density at radius 3 is 2.05 bits per heavy atom. The van der Waals surface area contributed by atoms with E-state index < -0.39 is 10.0 Å². The molecule has 0 atom stereocenters. The van der Waals surface area contributed by atoms with Crippen LogP contribution < -0.4 is 14.8 Å². The molecular weight excluding hydrogens is 484 g/mol. The number of sulfonamides is 1. The zero-order chi connectivity index (χ0) is 27.6. The molecule has 0 aliphatic carbocycles. The first kappa shape index (κ1) is 28.3. The normalized spacial score (nSPS) is 12.2. The number of rotatable bonds is 7. The van der Waals surface area contributed by atoms with Crippen LogP contribution in [0.25, 0.3) is 0 Å². The van der Waals surface area contributed by atoms with Gasteiger partial charge in [0, 0.05) is 5.69 Å². The molecule has 0 fully saturated rings. The molecule has 0 bridgehead atoms. The Labute approximate surface area is 221 Å². The van der Waals surface area contributed by atoms with Gasteiger partial charge in [-0.2, -0.15) is 0 Å². The maximum absolute atomic E-state index is 12.8. The van der Waals surface area contributed by atoms with Gasteiger partial charge in [-0.15, -0.1) is 0 Å². The summed E-state index contributed by atoms with van der Waals surface area (Å²) < 4.78 is 34.2.